The molecule has 2 aromatic rings. The van der Waals surface area contributed by atoms with Gasteiger partial charge in [0, 0.05) is 0 Å². The maximum absolute atomic E-state index is 2.30. The van der Waals surface area contributed by atoms with Crippen molar-refractivity contribution in [3.8, 4) is 11.1 Å². The molecule has 0 heterocycles. The van der Waals surface area contributed by atoms with Gasteiger partial charge in [0.05, 0.1) is 0 Å². The SMILES string of the molecule is CCCCCCCc1ccc(-c2ccc(CCC)cc2)cc1. The van der Waals surface area contributed by atoms with Crippen molar-refractivity contribution in [1.82, 2.24) is 0 Å². The summed E-state index contributed by atoms with van der Waals surface area (Å²) in [6.45, 7) is 4.50. The van der Waals surface area contributed by atoms with E-state index in [1.54, 1.807) is 0 Å². The first-order valence-electron chi connectivity index (χ1n) is 9.01. The lowest BCUT2D eigenvalue weighted by molar-refractivity contribution is 0.632. The Kier molecular flexibility index (Phi) is 7.22. The maximum Gasteiger partial charge on any atom is -0.0184 e. The quantitative estimate of drug-likeness (QED) is 0.445. The Morgan fingerprint density at radius 3 is 1.50 bits per heavy atom. The molecule has 0 amide bonds. The van der Waals surface area contributed by atoms with Gasteiger partial charge in [-0.25, -0.2) is 0 Å². The molecule has 0 atom stereocenters. The molecular formula is C22H30. The molecule has 0 spiro atoms. The maximum atomic E-state index is 2.30. The first kappa shape index (κ1) is 16.8. The van der Waals surface area contributed by atoms with E-state index in [9.17, 15) is 0 Å². The second-order valence-corrected chi connectivity index (χ2v) is 6.31. The molecule has 0 unspecified atom stereocenters. The molecule has 0 aliphatic heterocycles. The van der Waals surface area contributed by atoms with Crippen molar-refractivity contribution in [2.24, 2.45) is 0 Å². The topological polar surface area (TPSA) is 0 Å². The van der Waals surface area contributed by atoms with Gasteiger partial charge >= 0.3 is 0 Å². The minimum Gasteiger partial charge on any atom is -0.0654 e. The van der Waals surface area contributed by atoms with Crippen LogP contribution >= 0.6 is 0 Å². The number of hydrogen-bond acceptors (Lipinski definition) is 0. The molecular weight excluding hydrogens is 264 g/mol. The van der Waals surface area contributed by atoms with Crippen LogP contribution in [0.4, 0.5) is 0 Å². The van der Waals surface area contributed by atoms with Gasteiger partial charge in [-0.1, -0.05) is 94.5 Å². The summed E-state index contributed by atoms with van der Waals surface area (Å²) >= 11 is 0. The van der Waals surface area contributed by atoms with E-state index in [-0.39, 0.29) is 0 Å². The number of hydrogen-bond donors (Lipinski definition) is 0. The fourth-order valence-electron chi connectivity index (χ4n) is 2.95. The van der Waals surface area contributed by atoms with Crippen molar-refractivity contribution in [1.29, 1.82) is 0 Å². The van der Waals surface area contributed by atoms with Crippen LogP contribution in [-0.4, -0.2) is 0 Å². The van der Waals surface area contributed by atoms with E-state index in [2.05, 4.69) is 62.4 Å². The number of benzene rings is 2. The lowest BCUT2D eigenvalue weighted by Gasteiger charge is -2.06. The third-order valence-corrected chi connectivity index (χ3v) is 4.35. The minimum atomic E-state index is 1.18. The van der Waals surface area contributed by atoms with Crippen LogP contribution in [0.25, 0.3) is 11.1 Å². The van der Waals surface area contributed by atoms with Crippen molar-refractivity contribution in [3.05, 3.63) is 59.7 Å². The lowest BCUT2D eigenvalue weighted by atomic mass is 9.99. The van der Waals surface area contributed by atoms with E-state index in [4.69, 9.17) is 0 Å². The largest absolute Gasteiger partial charge is 0.0654 e. The van der Waals surface area contributed by atoms with Gasteiger partial charge in [-0.15, -0.1) is 0 Å². The zero-order chi connectivity index (χ0) is 15.6. The van der Waals surface area contributed by atoms with Crippen molar-refractivity contribution in [2.45, 2.75) is 65.2 Å². The van der Waals surface area contributed by atoms with Crippen LogP contribution in [-0.2, 0) is 12.8 Å². The molecule has 0 fully saturated rings. The van der Waals surface area contributed by atoms with Crippen molar-refractivity contribution < 1.29 is 0 Å². The number of unbranched alkanes of at least 4 members (excludes halogenated alkanes) is 4. The fourth-order valence-corrected chi connectivity index (χ4v) is 2.95. The molecule has 2 rings (SSSR count). The molecule has 2 aromatic carbocycles. The number of rotatable bonds is 9. The molecule has 0 nitrogen and oxygen atoms in total. The van der Waals surface area contributed by atoms with E-state index in [1.165, 1.54) is 73.6 Å². The van der Waals surface area contributed by atoms with Gasteiger partial charge in [0.15, 0.2) is 0 Å². The summed E-state index contributed by atoms with van der Waals surface area (Å²) in [5, 5.41) is 0. The molecule has 0 saturated heterocycles. The van der Waals surface area contributed by atoms with E-state index >= 15 is 0 Å². The third-order valence-electron chi connectivity index (χ3n) is 4.35. The first-order valence-corrected chi connectivity index (χ1v) is 9.01. The zero-order valence-electron chi connectivity index (χ0n) is 14.3. The van der Waals surface area contributed by atoms with Crippen molar-refractivity contribution >= 4 is 0 Å². The average Bonchev–Trinajstić information content (AvgIpc) is 2.56. The van der Waals surface area contributed by atoms with E-state index in [1.807, 2.05) is 0 Å². The van der Waals surface area contributed by atoms with Gasteiger partial charge in [0.25, 0.3) is 0 Å². The standard InChI is InChI=1S/C22H30/c1-3-5-6-7-8-10-20-13-17-22(18-14-20)21-15-11-19(9-4-2)12-16-21/h11-18H,3-10H2,1-2H3. The second-order valence-electron chi connectivity index (χ2n) is 6.31. The first-order chi connectivity index (χ1) is 10.8. The zero-order valence-corrected chi connectivity index (χ0v) is 14.3. The summed E-state index contributed by atoms with van der Waals surface area (Å²) in [6.07, 6.45) is 10.4. The minimum absolute atomic E-state index is 1.18. The Morgan fingerprint density at radius 2 is 1.00 bits per heavy atom. The lowest BCUT2D eigenvalue weighted by Crippen LogP contribution is -1.87. The summed E-state index contributed by atoms with van der Waals surface area (Å²) in [6, 6.07) is 18.2. The van der Waals surface area contributed by atoms with Crippen LogP contribution in [0.1, 0.15) is 63.5 Å². The van der Waals surface area contributed by atoms with E-state index in [0.29, 0.717) is 0 Å². The molecule has 0 radical (unpaired) electrons. The molecule has 0 aromatic heterocycles. The van der Waals surface area contributed by atoms with E-state index < -0.39 is 0 Å². The Morgan fingerprint density at radius 1 is 0.500 bits per heavy atom. The molecule has 0 aliphatic rings. The Labute approximate surface area is 136 Å². The van der Waals surface area contributed by atoms with E-state index in [0.717, 1.165) is 0 Å². The second kappa shape index (κ2) is 9.46. The highest BCUT2D eigenvalue weighted by molar-refractivity contribution is 5.63. The van der Waals surface area contributed by atoms with Crippen LogP contribution < -0.4 is 0 Å². The molecule has 0 aliphatic carbocycles. The molecule has 118 valence electrons. The van der Waals surface area contributed by atoms with Crippen molar-refractivity contribution in [2.75, 3.05) is 0 Å². The predicted molar refractivity (Wildman–Crippen MR) is 98.3 cm³/mol. The average molecular weight is 294 g/mol. The van der Waals surface area contributed by atoms with Gasteiger partial charge in [0.2, 0.25) is 0 Å². The molecule has 0 N–H and O–H groups in total. The summed E-state index contributed by atoms with van der Waals surface area (Å²) < 4.78 is 0. The third kappa shape index (κ3) is 5.33. The Bertz CT molecular complexity index is 519. The molecule has 22 heavy (non-hydrogen) atoms. The van der Waals surface area contributed by atoms with Gasteiger partial charge in [-0.2, -0.15) is 0 Å². The highest BCUT2D eigenvalue weighted by Crippen LogP contribution is 2.21. The van der Waals surface area contributed by atoms with Crippen LogP contribution in [0.15, 0.2) is 48.5 Å². The monoisotopic (exact) mass is 294 g/mol. The molecule has 0 bridgehead atoms. The Balaban J connectivity index is 1.88. The summed E-state index contributed by atoms with van der Waals surface area (Å²) in [4.78, 5) is 0. The number of aryl methyl sites for hydroxylation is 2. The van der Waals surface area contributed by atoms with Crippen LogP contribution in [0.3, 0.4) is 0 Å². The van der Waals surface area contributed by atoms with Gasteiger partial charge in [0.1, 0.15) is 0 Å². The van der Waals surface area contributed by atoms with Gasteiger partial charge in [-0.3, -0.25) is 0 Å². The van der Waals surface area contributed by atoms with Crippen molar-refractivity contribution in [3.63, 3.8) is 0 Å². The summed E-state index contributed by atoms with van der Waals surface area (Å²) in [5.41, 5.74) is 5.57. The fraction of sp³-hybridized carbons (Fsp3) is 0.455. The molecule has 0 heteroatoms. The normalized spacial score (nSPS) is 10.8. The van der Waals surface area contributed by atoms with Crippen LogP contribution in [0, 0.1) is 0 Å². The Hall–Kier alpha value is -1.56. The predicted octanol–water partition coefficient (Wildman–Crippen LogP) is 6.82. The molecule has 0 saturated carbocycles. The van der Waals surface area contributed by atoms with Gasteiger partial charge < -0.3 is 0 Å². The summed E-state index contributed by atoms with van der Waals surface area (Å²) in [7, 11) is 0. The van der Waals surface area contributed by atoms with Crippen LogP contribution in [0.2, 0.25) is 0 Å². The van der Waals surface area contributed by atoms with Gasteiger partial charge in [-0.05, 0) is 41.5 Å². The smallest absolute Gasteiger partial charge is 0.0184 e. The van der Waals surface area contributed by atoms with Crippen LogP contribution in [0.5, 0.6) is 0 Å². The highest BCUT2D eigenvalue weighted by atomic mass is 14.0. The summed E-state index contributed by atoms with van der Waals surface area (Å²) in [5.74, 6) is 0. The highest BCUT2D eigenvalue weighted by Gasteiger charge is 1.99.